The number of ether oxygens (including phenoxy) is 1. The van der Waals surface area contributed by atoms with Gasteiger partial charge < -0.3 is 19.4 Å². The van der Waals surface area contributed by atoms with Gasteiger partial charge in [0.2, 0.25) is 0 Å². The molecule has 33 heavy (non-hydrogen) atoms. The van der Waals surface area contributed by atoms with Gasteiger partial charge in [0.05, 0.1) is 24.0 Å². The first-order chi connectivity index (χ1) is 15.4. The summed E-state index contributed by atoms with van der Waals surface area (Å²) in [4.78, 5) is 30.1. The van der Waals surface area contributed by atoms with Crippen molar-refractivity contribution in [3.8, 4) is 0 Å². The smallest absolute Gasteiger partial charge is 0.309 e. The molecule has 5 atom stereocenters. The molecule has 0 bridgehead atoms. The SMILES string of the molecule is C/C(=C\c1coc(C)n1)[C@@H]1C/C=C\CCC[C@H](C)[C@@H](O)[C@H](C)C(=O)C(C)(C)[C@@H](O)CC(=O)O1. The van der Waals surface area contributed by atoms with Gasteiger partial charge in [-0.1, -0.05) is 39.8 Å². The van der Waals surface area contributed by atoms with Gasteiger partial charge in [-0.25, -0.2) is 4.98 Å². The van der Waals surface area contributed by atoms with Crippen LogP contribution in [0.3, 0.4) is 0 Å². The Hall–Kier alpha value is -2.25. The van der Waals surface area contributed by atoms with Crippen LogP contribution in [-0.2, 0) is 14.3 Å². The van der Waals surface area contributed by atoms with Crippen molar-refractivity contribution in [3.05, 3.63) is 35.6 Å². The molecule has 1 aliphatic rings. The maximum absolute atomic E-state index is 13.1. The van der Waals surface area contributed by atoms with E-state index in [4.69, 9.17) is 9.15 Å². The summed E-state index contributed by atoms with van der Waals surface area (Å²) < 4.78 is 11.0. The summed E-state index contributed by atoms with van der Waals surface area (Å²) in [6.45, 7) is 10.5. The van der Waals surface area contributed by atoms with Gasteiger partial charge in [0, 0.05) is 19.3 Å². The Bertz CT molecular complexity index is 868. The van der Waals surface area contributed by atoms with E-state index >= 15 is 0 Å². The van der Waals surface area contributed by atoms with Crippen LogP contribution in [0.4, 0.5) is 0 Å². The molecule has 2 heterocycles. The lowest BCUT2D eigenvalue weighted by Crippen LogP contribution is -2.45. The van der Waals surface area contributed by atoms with Crippen molar-refractivity contribution in [2.75, 3.05) is 0 Å². The predicted molar refractivity (Wildman–Crippen MR) is 126 cm³/mol. The van der Waals surface area contributed by atoms with Crippen LogP contribution in [0.2, 0.25) is 0 Å². The van der Waals surface area contributed by atoms with Crippen molar-refractivity contribution in [3.63, 3.8) is 0 Å². The Balaban J connectivity index is 2.27. The van der Waals surface area contributed by atoms with Crippen molar-refractivity contribution in [2.45, 2.75) is 92.0 Å². The number of oxazole rings is 1. The number of aliphatic hydroxyl groups excluding tert-OH is 2. The third-order valence-electron chi connectivity index (χ3n) is 6.68. The maximum Gasteiger partial charge on any atom is 0.309 e. The molecule has 0 radical (unpaired) electrons. The summed E-state index contributed by atoms with van der Waals surface area (Å²) in [7, 11) is 0. The average Bonchev–Trinajstić information content (AvgIpc) is 3.16. The molecular formula is C26H39NO6. The lowest BCUT2D eigenvalue weighted by atomic mass is 9.73. The standard InChI is InChI=1S/C26H39NO6/c1-16-11-9-7-8-10-12-21(17(2)13-20-15-32-19(4)27-20)33-23(29)14-22(28)26(5,6)25(31)18(3)24(16)30/h8,10,13,15-16,18,21-22,24,28,30H,7,9,11-12,14H2,1-6H3/b10-8-,17-13+/t16-,18-,21-,22-,24+/m0/s1. The molecule has 0 aliphatic carbocycles. The van der Waals surface area contributed by atoms with Crippen molar-refractivity contribution < 1.29 is 29.0 Å². The van der Waals surface area contributed by atoms with E-state index in [0.29, 0.717) is 18.0 Å². The highest BCUT2D eigenvalue weighted by molar-refractivity contribution is 5.88. The molecule has 7 heteroatoms. The van der Waals surface area contributed by atoms with Gasteiger partial charge in [-0.15, -0.1) is 0 Å². The number of hydrogen-bond acceptors (Lipinski definition) is 7. The molecule has 2 N–H and O–H groups in total. The van der Waals surface area contributed by atoms with Crippen LogP contribution in [-0.4, -0.2) is 45.3 Å². The molecule has 0 unspecified atom stereocenters. The number of cyclic esters (lactones) is 1. The van der Waals surface area contributed by atoms with E-state index in [1.54, 1.807) is 34.0 Å². The van der Waals surface area contributed by atoms with E-state index < -0.39 is 35.6 Å². The fourth-order valence-electron chi connectivity index (χ4n) is 4.18. The van der Waals surface area contributed by atoms with Gasteiger partial charge in [-0.2, -0.15) is 0 Å². The number of aromatic nitrogens is 1. The molecule has 0 saturated carbocycles. The zero-order valence-corrected chi connectivity index (χ0v) is 20.7. The summed E-state index contributed by atoms with van der Waals surface area (Å²) in [5.74, 6) is -0.991. The molecule has 0 spiro atoms. The van der Waals surface area contributed by atoms with E-state index in [1.807, 2.05) is 32.1 Å². The van der Waals surface area contributed by atoms with E-state index in [9.17, 15) is 19.8 Å². The van der Waals surface area contributed by atoms with Crippen molar-refractivity contribution in [2.24, 2.45) is 17.3 Å². The zero-order valence-electron chi connectivity index (χ0n) is 20.7. The Morgan fingerprint density at radius 2 is 1.91 bits per heavy atom. The summed E-state index contributed by atoms with van der Waals surface area (Å²) in [5.41, 5.74) is 0.248. The van der Waals surface area contributed by atoms with E-state index in [1.165, 1.54) is 0 Å². The first-order valence-electron chi connectivity index (χ1n) is 11.8. The van der Waals surface area contributed by atoms with Gasteiger partial charge in [-0.3, -0.25) is 9.59 Å². The first-order valence-corrected chi connectivity index (χ1v) is 11.8. The van der Waals surface area contributed by atoms with Crippen LogP contribution >= 0.6 is 0 Å². The second-order valence-corrected chi connectivity index (χ2v) is 9.86. The number of rotatable bonds is 2. The monoisotopic (exact) mass is 461 g/mol. The van der Waals surface area contributed by atoms with E-state index in [0.717, 1.165) is 24.8 Å². The molecule has 0 amide bonds. The molecule has 7 nitrogen and oxygen atoms in total. The molecule has 2 rings (SSSR count). The number of esters is 1. The van der Waals surface area contributed by atoms with Crippen molar-refractivity contribution in [1.29, 1.82) is 0 Å². The summed E-state index contributed by atoms with van der Waals surface area (Å²) in [6.07, 6.45) is 7.50. The van der Waals surface area contributed by atoms with Crippen molar-refractivity contribution >= 4 is 17.8 Å². The highest BCUT2D eigenvalue weighted by Crippen LogP contribution is 2.32. The molecule has 184 valence electrons. The number of aryl methyl sites for hydroxylation is 1. The van der Waals surface area contributed by atoms with Crippen LogP contribution in [0.5, 0.6) is 0 Å². The van der Waals surface area contributed by atoms with Crippen molar-refractivity contribution in [1.82, 2.24) is 4.98 Å². The minimum atomic E-state index is -1.23. The Morgan fingerprint density at radius 1 is 1.21 bits per heavy atom. The number of aliphatic hydroxyl groups is 2. The molecule has 0 saturated heterocycles. The lowest BCUT2D eigenvalue weighted by Gasteiger charge is -2.34. The third kappa shape index (κ3) is 7.37. The van der Waals surface area contributed by atoms with Crippen LogP contribution in [0.1, 0.15) is 78.3 Å². The number of nitrogens with zero attached hydrogens (tertiary/aromatic N) is 1. The molecule has 0 aromatic carbocycles. The highest BCUT2D eigenvalue weighted by atomic mass is 16.5. The largest absolute Gasteiger partial charge is 0.457 e. The number of hydrogen-bond donors (Lipinski definition) is 2. The second-order valence-electron chi connectivity index (χ2n) is 9.86. The van der Waals surface area contributed by atoms with E-state index in [-0.39, 0.29) is 18.1 Å². The van der Waals surface area contributed by atoms with Crippen LogP contribution in [0.15, 0.2) is 28.4 Å². The number of ketones is 1. The van der Waals surface area contributed by atoms with Crippen LogP contribution in [0, 0.1) is 24.2 Å². The number of carbonyl (C=O) groups is 2. The maximum atomic E-state index is 13.1. The molecule has 1 aromatic rings. The quantitative estimate of drug-likeness (QED) is 0.496. The lowest BCUT2D eigenvalue weighted by molar-refractivity contribution is -0.154. The van der Waals surface area contributed by atoms with Gasteiger partial charge >= 0.3 is 5.97 Å². The van der Waals surface area contributed by atoms with E-state index in [2.05, 4.69) is 4.98 Å². The minimum Gasteiger partial charge on any atom is -0.457 e. The highest BCUT2D eigenvalue weighted by Gasteiger charge is 2.42. The fraction of sp³-hybridized carbons (Fsp3) is 0.654. The fourth-order valence-corrected chi connectivity index (χ4v) is 4.18. The Morgan fingerprint density at radius 3 is 2.55 bits per heavy atom. The average molecular weight is 462 g/mol. The molecule has 0 fully saturated rings. The van der Waals surface area contributed by atoms with Crippen LogP contribution in [0.25, 0.3) is 6.08 Å². The first kappa shape index (κ1) is 27.0. The topological polar surface area (TPSA) is 110 Å². The molecular weight excluding hydrogens is 422 g/mol. The number of allylic oxidation sites excluding steroid dienone is 1. The molecule has 1 aliphatic heterocycles. The number of Topliss-reactive ketones (excluding diaryl/α,β-unsaturated/α-hetero) is 1. The third-order valence-corrected chi connectivity index (χ3v) is 6.68. The van der Waals surface area contributed by atoms with Gasteiger partial charge in [0.1, 0.15) is 23.8 Å². The van der Waals surface area contributed by atoms with Crippen LogP contribution < -0.4 is 0 Å². The van der Waals surface area contributed by atoms with Gasteiger partial charge in [-0.05, 0) is 43.8 Å². The second kappa shape index (κ2) is 11.7. The molecule has 1 aromatic heterocycles. The van der Waals surface area contributed by atoms with Gasteiger partial charge in [0.25, 0.3) is 0 Å². The predicted octanol–water partition coefficient (Wildman–Crippen LogP) is 4.41. The number of carbonyl (C=O) groups excluding carboxylic acids is 2. The summed E-state index contributed by atoms with van der Waals surface area (Å²) in [6, 6.07) is 0. The Kier molecular flexibility index (Phi) is 9.61. The summed E-state index contributed by atoms with van der Waals surface area (Å²) in [5, 5.41) is 21.5. The summed E-state index contributed by atoms with van der Waals surface area (Å²) >= 11 is 0. The van der Waals surface area contributed by atoms with Gasteiger partial charge in [0.15, 0.2) is 5.89 Å². The zero-order chi connectivity index (χ0) is 24.8. The normalized spacial score (nSPS) is 31.8. The minimum absolute atomic E-state index is 0.0491. The Labute approximate surface area is 196 Å².